The molecule has 0 spiro atoms. The molecule has 214 valence electrons. The first-order valence-electron chi connectivity index (χ1n) is 13.1. The molecule has 0 unspecified atom stereocenters. The molecule has 1 aromatic rings. The smallest absolute Gasteiger partial charge is 0.243 e. The lowest BCUT2D eigenvalue weighted by atomic mass is 9.79. The molecular weight excluding hydrogens is 525 g/mol. The molecule has 1 saturated heterocycles. The van der Waals surface area contributed by atoms with E-state index in [2.05, 4.69) is 24.4 Å². The highest BCUT2D eigenvalue weighted by Gasteiger charge is 2.45. The Labute approximate surface area is 227 Å². The average Bonchev–Trinajstić information content (AvgIpc) is 3.03. The van der Waals surface area contributed by atoms with Gasteiger partial charge in [0.25, 0.3) is 0 Å². The Balaban J connectivity index is 2.52. The molecule has 0 saturated carbocycles. The minimum atomic E-state index is -3.90. The average molecular weight is 575 g/mol. The first kappa shape index (κ1) is 32.3. The Morgan fingerprint density at radius 3 is 1.89 bits per heavy atom. The van der Waals surface area contributed by atoms with Crippen LogP contribution in [-0.4, -0.2) is 61.2 Å². The van der Waals surface area contributed by atoms with Crippen molar-refractivity contribution in [3.05, 3.63) is 23.3 Å². The maximum Gasteiger partial charge on any atom is 0.243 e. The van der Waals surface area contributed by atoms with Gasteiger partial charge in [-0.05, 0) is 40.8 Å². The number of nitrogens with zero attached hydrogens (tertiary/aromatic N) is 1. The lowest BCUT2D eigenvalue weighted by Gasteiger charge is -2.31. The summed E-state index contributed by atoms with van der Waals surface area (Å²) < 4.78 is 63.9. The molecule has 0 aliphatic carbocycles. The molecule has 7 nitrogen and oxygen atoms in total. The van der Waals surface area contributed by atoms with E-state index in [0.29, 0.717) is 24.8 Å². The molecule has 1 N–H and O–H groups in total. The van der Waals surface area contributed by atoms with Gasteiger partial charge in [-0.25, -0.2) is 21.6 Å². The molecule has 0 amide bonds. The molecular formula is C27H50N2O5S2Si. The molecule has 0 aromatic heterocycles. The quantitative estimate of drug-likeness (QED) is 0.402. The van der Waals surface area contributed by atoms with Crippen LogP contribution >= 0.6 is 0 Å². The second-order valence-electron chi connectivity index (χ2n) is 14.6. The van der Waals surface area contributed by atoms with Crippen LogP contribution in [0, 0.1) is 5.41 Å². The van der Waals surface area contributed by atoms with Gasteiger partial charge >= 0.3 is 0 Å². The molecule has 2 rings (SSSR count). The van der Waals surface area contributed by atoms with Gasteiger partial charge in [0.1, 0.15) is 5.75 Å². The van der Waals surface area contributed by atoms with Crippen molar-refractivity contribution in [2.45, 2.75) is 109 Å². The van der Waals surface area contributed by atoms with Crippen molar-refractivity contribution in [3.8, 4) is 5.75 Å². The van der Waals surface area contributed by atoms with Crippen LogP contribution in [0.15, 0.2) is 17.0 Å². The minimum Gasteiger partial charge on any atom is -0.496 e. The van der Waals surface area contributed by atoms with Crippen molar-refractivity contribution in [2.24, 2.45) is 5.41 Å². The normalized spacial score (nSPS) is 19.8. The van der Waals surface area contributed by atoms with Crippen LogP contribution in [-0.2, 0) is 30.9 Å². The highest BCUT2D eigenvalue weighted by molar-refractivity contribution is 7.89. The van der Waals surface area contributed by atoms with Crippen LogP contribution < -0.4 is 9.46 Å². The molecule has 1 fully saturated rings. The first-order valence-corrected chi connectivity index (χ1v) is 19.9. The summed E-state index contributed by atoms with van der Waals surface area (Å²) in [5, 5.41) is 0. The van der Waals surface area contributed by atoms with Gasteiger partial charge in [0.05, 0.1) is 17.8 Å². The van der Waals surface area contributed by atoms with E-state index in [1.165, 1.54) is 4.31 Å². The maximum atomic E-state index is 14.2. The fourth-order valence-electron chi connectivity index (χ4n) is 4.77. The third kappa shape index (κ3) is 8.27. The van der Waals surface area contributed by atoms with Gasteiger partial charge in [0, 0.05) is 38.3 Å². The highest BCUT2D eigenvalue weighted by Crippen LogP contribution is 2.43. The van der Waals surface area contributed by atoms with E-state index in [9.17, 15) is 16.8 Å². The van der Waals surface area contributed by atoms with Crippen LogP contribution in [0.1, 0.15) is 72.9 Å². The van der Waals surface area contributed by atoms with Gasteiger partial charge in [-0.3, -0.25) is 0 Å². The van der Waals surface area contributed by atoms with Gasteiger partial charge in [0.15, 0.2) is 0 Å². The Morgan fingerprint density at radius 1 is 1.00 bits per heavy atom. The summed E-state index contributed by atoms with van der Waals surface area (Å²) >= 11 is 0. The summed E-state index contributed by atoms with van der Waals surface area (Å²) in [4.78, 5) is 0.229. The Morgan fingerprint density at radius 2 is 1.49 bits per heavy atom. The zero-order valence-electron chi connectivity index (χ0n) is 25.1. The van der Waals surface area contributed by atoms with Gasteiger partial charge in [-0.2, -0.15) is 4.31 Å². The number of ether oxygens (including phenoxy) is 1. The topological polar surface area (TPSA) is 92.8 Å². The largest absolute Gasteiger partial charge is 0.496 e. The van der Waals surface area contributed by atoms with E-state index in [0.717, 1.165) is 11.1 Å². The predicted molar refractivity (Wildman–Crippen MR) is 156 cm³/mol. The fraction of sp³-hybridized carbons (Fsp3) is 0.778. The lowest BCUT2D eigenvalue weighted by Crippen LogP contribution is -2.44. The number of benzene rings is 1. The molecule has 1 aliphatic rings. The molecule has 37 heavy (non-hydrogen) atoms. The van der Waals surface area contributed by atoms with Gasteiger partial charge in [-0.1, -0.05) is 75.0 Å². The molecule has 10 heteroatoms. The molecule has 0 bridgehead atoms. The summed E-state index contributed by atoms with van der Waals surface area (Å²) in [6.07, 6.45) is 0.581. The first-order chi connectivity index (χ1) is 16.4. The summed E-state index contributed by atoms with van der Waals surface area (Å²) in [5.74, 6) is 0.793. The number of hydrogen-bond donors (Lipinski definition) is 1. The van der Waals surface area contributed by atoms with E-state index >= 15 is 0 Å². The van der Waals surface area contributed by atoms with E-state index < -0.39 is 34.2 Å². The monoisotopic (exact) mass is 574 g/mol. The summed E-state index contributed by atoms with van der Waals surface area (Å²) in [6.45, 7) is 23.2. The van der Waals surface area contributed by atoms with Crippen molar-refractivity contribution in [1.82, 2.24) is 9.03 Å². The molecule has 0 radical (unpaired) electrons. The SMILES string of the molecule is COc1c(C(C)(C)C)cc(S(=O)(=O)N2CC(C)(C)C[C@H]2CNS(=O)(=O)CC[Si](C)(C)C)cc1C(C)(C)C. The van der Waals surface area contributed by atoms with Crippen LogP contribution in [0.2, 0.25) is 25.7 Å². The fourth-order valence-corrected chi connectivity index (χ4v) is 10.7. The summed E-state index contributed by atoms with van der Waals surface area (Å²) in [5.41, 5.74) is 0.721. The van der Waals surface area contributed by atoms with Crippen LogP contribution in [0.5, 0.6) is 5.75 Å². The third-order valence-electron chi connectivity index (χ3n) is 6.93. The lowest BCUT2D eigenvalue weighted by molar-refractivity contribution is 0.364. The van der Waals surface area contributed by atoms with Gasteiger partial charge < -0.3 is 4.74 Å². The van der Waals surface area contributed by atoms with Crippen molar-refractivity contribution in [1.29, 1.82) is 0 Å². The zero-order chi connectivity index (χ0) is 28.8. The van der Waals surface area contributed by atoms with Gasteiger partial charge in [0.2, 0.25) is 20.0 Å². The number of methoxy groups -OCH3 is 1. The molecule has 1 atom stereocenters. The number of nitrogens with one attached hydrogen (secondary N) is 1. The Kier molecular flexibility index (Phi) is 9.21. The standard InChI is InChI=1S/C27H50N2O5S2Si/c1-25(2,3)22-15-21(16-23(24(22)34-9)26(4,5)6)36(32,33)29-19-27(7,8)17-20(29)18-28-35(30,31)13-14-37(10,11)12/h15-16,20,28H,13-14,17-19H2,1-12H3/t20-/m0/s1. The van der Waals surface area contributed by atoms with Crippen molar-refractivity contribution < 1.29 is 21.6 Å². The predicted octanol–water partition coefficient (Wildman–Crippen LogP) is 5.34. The van der Waals surface area contributed by atoms with Crippen LogP contribution in [0.25, 0.3) is 0 Å². The molecule has 1 aliphatic heterocycles. The Bertz CT molecular complexity index is 1150. The number of rotatable bonds is 9. The van der Waals surface area contributed by atoms with Crippen molar-refractivity contribution >= 4 is 28.1 Å². The molecule has 1 aromatic carbocycles. The summed E-state index contributed by atoms with van der Waals surface area (Å²) in [7, 11) is -7.29. The van der Waals surface area contributed by atoms with E-state index in [4.69, 9.17) is 4.74 Å². The zero-order valence-corrected chi connectivity index (χ0v) is 27.7. The van der Waals surface area contributed by atoms with Crippen LogP contribution in [0.3, 0.4) is 0 Å². The number of hydrogen-bond acceptors (Lipinski definition) is 5. The highest BCUT2D eigenvalue weighted by atomic mass is 32.2. The maximum absolute atomic E-state index is 14.2. The van der Waals surface area contributed by atoms with E-state index in [1.54, 1.807) is 19.2 Å². The van der Waals surface area contributed by atoms with E-state index in [1.807, 2.05) is 55.4 Å². The third-order valence-corrected chi connectivity index (χ3v) is 12.3. The Hall–Kier alpha value is -0.943. The van der Waals surface area contributed by atoms with E-state index in [-0.39, 0.29) is 33.4 Å². The number of sulfonamides is 2. The second-order valence-corrected chi connectivity index (χ2v) is 24.0. The second kappa shape index (κ2) is 10.6. The van der Waals surface area contributed by atoms with Crippen molar-refractivity contribution in [3.63, 3.8) is 0 Å². The van der Waals surface area contributed by atoms with Gasteiger partial charge in [-0.15, -0.1) is 0 Å². The minimum absolute atomic E-state index is 0.0745. The van der Waals surface area contributed by atoms with Crippen molar-refractivity contribution in [2.75, 3.05) is 26.0 Å². The van der Waals surface area contributed by atoms with Crippen LogP contribution in [0.4, 0.5) is 0 Å². The molecule has 1 heterocycles. The summed E-state index contributed by atoms with van der Waals surface area (Å²) in [6, 6.07) is 3.69.